The van der Waals surface area contributed by atoms with Crippen molar-refractivity contribution in [3.63, 3.8) is 0 Å². The van der Waals surface area contributed by atoms with E-state index >= 15 is 0 Å². The van der Waals surface area contributed by atoms with Gasteiger partial charge in [0, 0.05) is 13.1 Å². The number of aromatic amines is 1. The zero-order chi connectivity index (χ0) is 10.7. The van der Waals surface area contributed by atoms with Gasteiger partial charge in [-0.25, -0.2) is 0 Å². The lowest BCUT2D eigenvalue weighted by molar-refractivity contribution is 0.0763. The number of hydrogen-bond acceptors (Lipinski definition) is 3. The number of anilines is 1. The van der Waals surface area contributed by atoms with Crippen molar-refractivity contribution in [3.8, 4) is 0 Å². The van der Waals surface area contributed by atoms with Gasteiger partial charge in [0.15, 0.2) is 0 Å². The molecule has 5 heteroatoms. The zero-order valence-corrected chi connectivity index (χ0v) is 8.70. The minimum absolute atomic E-state index is 0.00292. The molecule has 0 unspecified atom stereocenters. The average molecular weight is 208 g/mol. The summed E-state index contributed by atoms with van der Waals surface area (Å²) in [4.78, 5) is 13.9. The predicted octanol–water partition coefficient (Wildman–Crippen LogP) is 1.01. The quantitative estimate of drug-likeness (QED) is 0.723. The summed E-state index contributed by atoms with van der Waals surface area (Å²) in [7, 11) is 0. The minimum Gasteiger partial charge on any atom is -0.383 e. The van der Waals surface area contributed by atoms with Crippen LogP contribution in [0.2, 0.25) is 0 Å². The van der Waals surface area contributed by atoms with Gasteiger partial charge >= 0.3 is 0 Å². The van der Waals surface area contributed by atoms with Crippen LogP contribution in [0.4, 0.5) is 5.82 Å². The lowest BCUT2D eigenvalue weighted by Gasteiger charge is -2.19. The number of nitrogens with one attached hydrogen (secondary N) is 1. The molecule has 5 nitrogen and oxygen atoms in total. The number of amides is 1. The Hall–Kier alpha value is -1.52. The Morgan fingerprint density at radius 3 is 2.53 bits per heavy atom. The van der Waals surface area contributed by atoms with Crippen LogP contribution in [0, 0.1) is 0 Å². The molecule has 1 amide bonds. The monoisotopic (exact) mass is 208 g/mol. The molecular formula is C10H16N4O. The molecule has 0 aromatic carbocycles. The van der Waals surface area contributed by atoms with Crippen LogP contribution in [-0.4, -0.2) is 34.1 Å². The molecule has 2 heterocycles. The van der Waals surface area contributed by atoms with Crippen molar-refractivity contribution in [3.05, 3.63) is 11.8 Å². The summed E-state index contributed by atoms with van der Waals surface area (Å²) in [6.45, 7) is 1.67. The standard InChI is InChI=1S/C10H16N4O/c11-9-8(7-12-13-9)10(15)14-5-3-1-2-4-6-14/h7H,1-6H2,(H3,11,12,13). The highest BCUT2D eigenvalue weighted by Crippen LogP contribution is 2.15. The van der Waals surface area contributed by atoms with Crippen molar-refractivity contribution < 1.29 is 4.79 Å². The van der Waals surface area contributed by atoms with E-state index in [-0.39, 0.29) is 5.91 Å². The molecule has 0 spiro atoms. The summed E-state index contributed by atoms with van der Waals surface area (Å²) in [6.07, 6.45) is 6.10. The molecule has 82 valence electrons. The van der Waals surface area contributed by atoms with Gasteiger partial charge in [0.05, 0.1) is 6.20 Å². The Balaban J connectivity index is 2.09. The third-order valence-corrected chi connectivity index (χ3v) is 2.79. The summed E-state index contributed by atoms with van der Waals surface area (Å²) >= 11 is 0. The van der Waals surface area contributed by atoms with E-state index in [1.54, 1.807) is 0 Å². The first-order valence-corrected chi connectivity index (χ1v) is 5.37. The summed E-state index contributed by atoms with van der Waals surface area (Å²) in [6, 6.07) is 0. The Morgan fingerprint density at radius 2 is 2.00 bits per heavy atom. The molecule has 0 bridgehead atoms. The number of likely N-dealkylation sites (tertiary alicyclic amines) is 1. The Morgan fingerprint density at radius 1 is 1.33 bits per heavy atom. The molecule has 0 radical (unpaired) electrons. The molecule has 0 saturated carbocycles. The fourth-order valence-corrected chi connectivity index (χ4v) is 1.91. The Kier molecular flexibility index (Phi) is 2.89. The number of hydrogen-bond donors (Lipinski definition) is 2. The van der Waals surface area contributed by atoms with Crippen molar-refractivity contribution in [1.29, 1.82) is 0 Å². The van der Waals surface area contributed by atoms with Gasteiger partial charge in [-0.1, -0.05) is 12.8 Å². The fourth-order valence-electron chi connectivity index (χ4n) is 1.91. The van der Waals surface area contributed by atoms with E-state index in [9.17, 15) is 4.79 Å². The Labute approximate surface area is 88.6 Å². The van der Waals surface area contributed by atoms with Crippen molar-refractivity contribution >= 4 is 11.7 Å². The van der Waals surface area contributed by atoms with Crippen LogP contribution in [0.25, 0.3) is 0 Å². The predicted molar refractivity (Wildman–Crippen MR) is 57.4 cm³/mol. The first kappa shape index (κ1) is 10.0. The second-order valence-corrected chi connectivity index (χ2v) is 3.90. The van der Waals surface area contributed by atoms with Crippen LogP contribution in [0.1, 0.15) is 36.0 Å². The van der Waals surface area contributed by atoms with Crippen molar-refractivity contribution in [1.82, 2.24) is 15.1 Å². The number of nitrogens with two attached hydrogens (primary N) is 1. The minimum atomic E-state index is 0.00292. The van der Waals surface area contributed by atoms with Gasteiger partial charge in [0.25, 0.3) is 5.91 Å². The number of rotatable bonds is 1. The third kappa shape index (κ3) is 2.11. The highest BCUT2D eigenvalue weighted by Gasteiger charge is 2.20. The summed E-state index contributed by atoms with van der Waals surface area (Å²) in [5.41, 5.74) is 6.12. The van der Waals surface area contributed by atoms with E-state index in [0.29, 0.717) is 11.4 Å². The normalized spacial score (nSPS) is 17.5. The van der Waals surface area contributed by atoms with Gasteiger partial charge in [0.1, 0.15) is 11.4 Å². The number of carbonyl (C=O) groups is 1. The summed E-state index contributed by atoms with van der Waals surface area (Å²) < 4.78 is 0. The topological polar surface area (TPSA) is 75.0 Å². The molecule has 0 aliphatic carbocycles. The van der Waals surface area contributed by atoms with Crippen LogP contribution in [0.15, 0.2) is 6.20 Å². The Bertz CT molecular complexity index is 339. The van der Waals surface area contributed by atoms with Gasteiger partial charge in [-0.2, -0.15) is 5.10 Å². The number of aromatic nitrogens is 2. The third-order valence-electron chi connectivity index (χ3n) is 2.79. The first-order chi connectivity index (χ1) is 7.29. The van der Waals surface area contributed by atoms with Crippen molar-refractivity contribution in [2.24, 2.45) is 0 Å². The second-order valence-electron chi connectivity index (χ2n) is 3.90. The van der Waals surface area contributed by atoms with Gasteiger partial charge in [-0.05, 0) is 12.8 Å². The van der Waals surface area contributed by atoms with E-state index in [1.807, 2.05) is 4.90 Å². The molecule has 1 aliphatic heterocycles. The van der Waals surface area contributed by atoms with Crippen LogP contribution in [0.3, 0.4) is 0 Å². The highest BCUT2D eigenvalue weighted by molar-refractivity contribution is 5.98. The smallest absolute Gasteiger partial charge is 0.259 e. The van der Waals surface area contributed by atoms with Gasteiger partial charge in [0.2, 0.25) is 0 Å². The van der Waals surface area contributed by atoms with Crippen LogP contribution >= 0.6 is 0 Å². The maximum Gasteiger partial charge on any atom is 0.259 e. The molecular weight excluding hydrogens is 192 g/mol. The van der Waals surface area contributed by atoms with Crippen molar-refractivity contribution in [2.45, 2.75) is 25.7 Å². The van der Waals surface area contributed by atoms with Gasteiger partial charge < -0.3 is 10.6 Å². The van der Waals surface area contributed by atoms with Crippen LogP contribution < -0.4 is 5.73 Å². The first-order valence-electron chi connectivity index (χ1n) is 5.37. The van der Waals surface area contributed by atoms with Gasteiger partial charge in [-0.3, -0.25) is 9.89 Å². The maximum absolute atomic E-state index is 12.0. The van der Waals surface area contributed by atoms with Crippen LogP contribution in [-0.2, 0) is 0 Å². The number of nitrogen functional groups attached to an aromatic ring is 1. The molecule has 1 aromatic heterocycles. The number of nitrogens with zero attached hydrogens (tertiary/aromatic N) is 2. The SMILES string of the molecule is Nc1[nH]ncc1C(=O)N1CCCCCC1. The summed E-state index contributed by atoms with van der Waals surface area (Å²) in [5, 5.41) is 6.35. The van der Waals surface area contributed by atoms with E-state index in [0.717, 1.165) is 25.9 Å². The van der Waals surface area contributed by atoms with Crippen molar-refractivity contribution in [2.75, 3.05) is 18.8 Å². The highest BCUT2D eigenvalue weighted by atomic mass is 16.2. The molecule has 0 atom stereocenters. The summed E-state index contributed by atoms with van der Waals surface area (Å²) in [5.74, 6) is 0.368. The zero-order valence-electron chi connectivity index (χ0n) is 8.70. The molecule has 1 aromatic rings. The second kappa shape index (κ2) is 4.33. The van der Waals surface area contributed by atoms with E-state index in [2.05, 4.69) is 10.2 Å². The maximum atomic E-state index is 12.0. The number of carbonyl (C=O) groups excluding carboxylic acids is 1. The van der Waals surface area contributed by atoms with E-state index in [1.165, 1.54) is 19.0 Å². The molecule has 3 N–H and O–H groups in total. The fraction of sp³-hybridized carbons (Fsp3) is 0.600. The van der Waals surface area contributed by atoms with E-state index < -0.39 is 0 Å². The lowest BCUT2D eigenvalue weighted by atomic mass is 10.2. The van der Waals surface area contributed by atoms with Gasteiger partial charge in [-0.15, -0.1) is 0 Å². The molecule has 1 aliphatic rings. The molecule has 1 fully saturated rings. The largest absolute Gasteiger partial charge is 0.383 e. The molecule has 15 heavy (non-hydrogen) atoms. The van der Waals surface area contributed by atoms with Crippen LogP contribution in [0.5, 0.6) is 0 Å². The average Bonchev–Trinajstić information content (AvgIpc) is 2.53. The number of H-pyrrole nitrogens is 1. The molecule has 1 saturated heterocycles. The van der Waals surface area contributed by atoms with E-state index in [4.69, 9.17) is 5.73 Å². The lowest BCUT2D eigenvalue weighted by Crippen LogP contribution is -2.32. The molecule has 2 rings (SSSR count).